The number of rotatable bonds is 63. The van der Waals surface area contributed by atoms with E-state index in [2.05, 4.69) is 141 Å². The molecule has 19 heteroatoms. The molecule has 0 bridgehead atoms. The highest BCUT2D eigenvalue weighted by molar-refractivity contribution is 5.76. The lowest BCUT2D eigenvalue weighted by molar-refractivity contribution is -0.379. The first-order valence-electron chi connectivity index (χ1n) is 40.9. The maximum atomic E-state index is 13.5. The summed E-state index contributed by atoms with van der Waals surface area (Å²) in [5.41, 5.74) is 0. The van der Waals surface area contributed by atoms with Gasteiger partial charge in [0.2, 0.25) is 5.91 Å². The molecular weight excluding hydrogens is 1330 g/mol. The summed E-state index contributed by atoms with van der Waals surface area (Å²) in [4.78, 5) is 13.5. The van der Waals surface area contributed by atoms with Gasteiger partial charge < -0.3 is 89.9 Å². The Morgan fingerprint density at radius 1 is 0.352 bits per heavy atom. The number of aliphatic hydroxyl groups excluding tert-OH is 11. The molecule has 17 atom stereocenters. The van der Waals surface area contributed by atoms with E-state index in [1.54, 1.807) is 6.08 Å². The molecule has 3 aliphatic heterocycles. The third kappa shape index (κ3) is 44.4. The molecule has 602 valence electrons. The van der Waals surface area contributed by atoms with Crippen LogP contribution in [0.2, 0.25) is 0 Å². The topological polar surface area (TPSA) is 307 Å². The van der Waals surface area contributed by atoms with Gasteiger partial charge in [-0.25, -0.2) is 0 Å². The van der Waals surface area contributed by atoms with Crippen molar-refractivity contribution in [1.29, 1.82) is 0 Å². The Hall–Kier alpha value is -4.07. The molecule has 12 N–H and O–H groups in total. The highest BCUT2D eigenvalue weighted by Crippen LogP contribution is 2.33. The lowest BCUT2D eigenvalue weighted by Crippen LogP contribution is -2.66. The van der Waals surface area contributed by atoms with Crippen molar-refractivity contribution in [2.75, 3.05) is 26.4 Å². The normalized spacial score (nSPS) is 26.5. The Bertz CT molecular complexity index is 2420. The van der Waals surface area contributed by atoms with Crippen molar-refractivity contribution in [2.45, 2.75) is 375 Å². The number of amides is 1. The van der Waals surface area contributed by atoms with Gasteiger partial charge in [0.15, 0.2) is 18.9 Å². The zero-order valence-electron chi connectivity index (χ0n) is 64.4. The van der Waals surface area contributed by atoms with Crippen molar-refractivity contribution < 1.29 is 89.4 Å². The minimum absolute atomic E-state index is 0.193. The van der Waals surface area contributed by atoms with Crippen LogP contribution >= 0.6 is 0 Å². The molecule has 3 saturated heterocycles. The zero-order valence-corrected chi connectivity index (χ0v) is 64.4. The minimum atomic E-state index is -1.99. The number of carbonyl (C=O) groups is 1. The van der Waals surface area contributed by atoms with Gasteiger partial charge in [-0.15, -0.1) is 0 Å². The summed E-state index contributed by atoms with van der Waals surface area (Å²) in [6.07, 6.45) is 65.8. The SMILES string of the molecule is CC/C=C\C/C=C\C/C=C\C/C=C\C/C=C\C/C=C\C/C=C\C/C=C\CCCCCCC(=O)NC(COC1OC(CO)C(OC2OC(CO)C(OC3OC(CO)C(O)C(O)C3O)C(O)C2O)C(O)C1O)C(O)/C=C/CC/C=C/CC/C=C/CCCCCCCCCCCCCCCCCCCCCCC. The molecule has 17 unspecified atom stereocenters. The fourth-order valence-corrected chi connectivity index (χ4v) is 12.9. The van der Waals surface area contributed by atoms with E-state index >= 15 is 0 Å². The third-order valence-electron chi connectivity index (χ3n) is 19.4. The number of hydrogen-bond acceptors (Lipinski definition) is 18. The second-order valence-electron chi connectivity index (χ2n) is 28.5. The summed E-state index contributed by atoms with van der Waals surface area (Å²) in [5.74, 6) is -0.318. The van der Waals surface area contributed by atoms with E-state index in [0.29, 0.717) is 12.8 Å². The molecule has 0 saturated carbocycles. The predicted octanol–water partition coefficient (Wildman–Crippen LogP) is 14.1. The Kier molecular flexibility index (Phi) is 58.6. The van der Waals surface area contributed by atoms with Crippen LogP contribution in [0.1, 0.15) is 271 Å². The Morgan fingerprint density at radius 2 is 0.667 bits per heavy atom. The van der Waals surface area contributed by atoms with E-state index in [9.17, 15) is 61.0 Å². The first kappa shape index (κ1) is 95.1. The second-order valence-corrected chi connectivity index (χ2v) is 28.5. The number of aliphatic hydroxyl groups is 11. The van der Waals surface area contributed by atoms with Crippen LogP contribution in [0.25, 0.3) is 0 Å². The van der Waals surface area contributed by atoms with E-state index in [-0.39, 0.29) is 12.3 Å². The van der Waals surface area contributed by atoms with E-state index in [1.165, 1.54) is 135 Å². The minimum Gasteiger partial charge on any atom is -0.394 e. The van der Waals surface area contributed by atoms with Crippen LogP contribution in [0.4, 0.5) is 0 Å². The van der Waals surface area contributed by atoms with Crippen molar-refractivity contribution in [3.63, 3.8) is 0 Å². The van der Waals surface area contributed by atoms with Gasteiger partial charge in [0.1, 0.15) is 73.2 Å². The largest absolute Gasteiger partial charge is 0.394 e. The molecule has 0 aromatic carbocycles. The average molecular weight is 1480 g/mol. The van der Waals surface area contributed by atoms with Gasteiger partial charge in [-0.05, 0) is 109 Å². The second kappa shape index (κ2) is 64.7. The van der Waals surface area contributed by atoms with Gasteiger partial charge in [-0.2, -0.15) is 0 Å². The van der Waals surface area contributed by atoms with Gasteiger partial charge in [-0.1, -0.05) is 289 Å². The molecule has 3 heterocycles. The predicted molar refractivity (Wildman–Crippen MR) is 419 cm³/mol. The Balaban J connectivity index is 1.41. The lowest BCUT2D eigenvalue weighted by Gasteiger charge is -2.48. The van der Waals surface area contributed by atoms with Gasteiger partial charge in [0.25, 0.3) is 0 Å². The van der Waals surface area contributed by atoms with Crippen LogP contribution in [0, 0.1) is 0 Å². The molecule has 0 spiro atoms. The van der Waals surface area contributed by atoms with Crippen molar-refractivity contribution in [3.8, 4) is 0 Å². The van der Waals surface area contributed by atoms with Crippen LogP contribution < -0.4 is 5.32 Å². The molecule has 3 aliphatic rings. The van der Waals surface area contributed by atoms with Crippen molar-refractivity contribution in [1.82, 2.24) is 5.32 Å². The summed E-state index contributed by atoms with van der Waals surface area (Å²) >= 11 is 0. The number of nitrogens with one attached hydrogen (secondary N) is 1. The molecule has 0 aromatic heterocycles. The van der Waals surface area contributed by atoms with Crippen LogP contribution in [0.3, 0.4) is 0 Å². The van der Waals surface area contributed by atoms with E-state index in [0.717, 1.165) is 103 Å². The third-order valence-corrected chi connectivity index (χ3v) is 19.4. The first-order valence-corrected chi connectivity index (χ1v) is 40.9. The number of hydrogen-bond donors (Lipinski definition) is 12. The summed E-state index contributed by atoms with van der Waals surface area (Å²) in [6, 6.07) is -1.02. The highest BCUT2D eigenvalue weighted by Gasteiger charge is 2.54. The van der Waals surface area contributed by atoms with Crippen molar-refractivity contribution >= 4 is 5.91 Å². The number of unbranched alkanes of at least 4 members (excludes halogenated alkanes) is 27. The molecular formula is C86H145NO18. The van der Waals surface area contributed by atoms with Crippen LogP contribution in [-0.2, 0) is 33.2 Å². The maximum absolute atomic E-state index is 13.5. The summed E-state index contributed by atoms with van der Waals surface area (Å²) in [7, 11) is 0. The fraction of sp³-hybridized carbons (Fsp3) is 0.733. The van der Waals surface area contributed by atoms with E-state index < -0.39 is 131 Å². The van der Waals surface area contributed by atoms with Crippen LogP contribution in [0.15, 0.2) is 134 Å². The van der Waals surface area contributed by atoms with E-state index in [1.807, 2.05) is 6.08 Å². The maximum Gasteiger partial charge on any atom is 0.220 e. The number of carbonyl (C=O) groups excluding carboxylic acids is 1. The quantitative estimate of drug-likeness (QED) is 0.0199. The molecule has 3 rings (SSSR count). The average Bonchev–Trinajstić information content (AvgIpc) is 0.781. The summed E-state index contributed by atoms with van der Waals surface area (Å²) in [6.45, 7) is 1.58. The van der Waals surface area contributed by atoms with Crippen LogP contribution in [0.5, 0.6) is 0 Å². The number of allylic oxidation sites excluding steroid dienone is 21. The van der Waals surface area contributed by atoms with Crippen molar-refractivity contribution in [2.24, 2.45) is 0 Å². The lowest BCUT2D eigenvalue weighted by atomic mass is 9.96. The highest BCUT2D eigenvalue weighted by atomic mass is 16.8. The molecule has 105 heavy (non-hydrogen) atoms. The zero-order chi connectivity index (χ0) is 76.0. The van der Waals surface area contributed by atoms with E-state index in [4.69, 9.17) is 28.4 Å². The smallest absolute Gasteiger partial charge is 0.220 e. The van der Waals surface area contributed by atoms with Gasteiger partial charge in [0.05, 0.1) is 38.6 Å². The van der Waals surface area contributed by atoms with Gasteiger partial charge in [0, 0.05) is 6.42 Å². The Morgan fingerprint density at radius 3 is 1.07 bits per heavy atom. The standard InChI is InChI=1S/C86H145NO18/c1-3-5-7-9-11-13-15-17-19-21-23-25-27-29-31-33-34-36-37-39-41-43-45-47-49-51-53-55-57-59-61-63-70(91)69(87-74(92)64-62-60-58-56-54-52-50-48-46-44-42-40-38-35-32-30-28-26-24-22-20-18-16-14-12-10-8-6-4-2)68-100-84-80(98)77(95)82(72(66-89)102-84)105-86-81(99)78(96)83(73(67-90)103-86)104-85-79(97)76(94)75(93)71(65-88)101-85/h6,8,12,14,18,20,24,26,30,32,38,40,44-47,50,52-53,55,61,63,69-73,75-86,88-91,93-99H,3-5,7,9-11,13,15-17,19,21-23,25,27-29,31,33-37,39,41-43,48-49,51,54,56-60,62,64-68H2,1-2H3,(H,87,92)/b8-6-,14-12-,20-18-,26-24-,32-30-,40-38-,46-44-,47-45+,52-50-,55-53+,63-61+. The fourth-order valence-electron chi connectivity index (χ4n) is 12.9. The molecule has 0 radical (unpaired) electrons. The van der Waals surface area contributed by atoms with Crippen LogP contribution in [-0.4, -0.2) is 193 Å². The molecule has 1 amide bonds. The van der Waals surface area contributed by atoms with Crippen molar-refractivity contribution in [3.05, 3.63) is 134 Å². The van der Waals surface area contributed by atoms with Gasteiger partial charge in [-0.3, -0.25) is 4.79 Å². The molecule has 0 aliphatic carbocycles. The molecule has 19 nitrogen and oxygen atoms in total. The molecule has 0 aromatic rings. The molecule has 3 fully saturated rings. The number of ether oxygens (including phenoxy) is 6. The Labute approximate surface area is 632 Å². The van der Waals surface area contributed by atoms with Gasteiger partial charge >= 0.3 is 0 Å². The summed E-state index contributed by atoms with van der Waals surface area (Å²) in [5, 5.41) is 121. The monoisotopic (exact) mass is 1480 g/mol. The first-order chi connectivity index (χ1) is 51.3. The summed E-state index contributed by atoms with van der Waals surface area (Å²) < 4.78 is 34.4.